The van der Waals surface area contributed by atoms with Gasteiger partial charge in [-0.1, -0.05) is 53.5 Å². The van der Waals surface area contributed by atoms with Crippen molar-refractivity contribution in [1.82, 2.24) is 29.4 Å². The van der Waals surface area contributed by atoms with Gasteiger partial charge in [-0.15, -0.1) is 0 Å². The number of halogens is 5. The molecular weight excluding hydrogens is 726 g/mol. The molecule has 3 aromatic heterocycles. The smallest absolute Gasteiger partial charge is 0.451 e. The van der Waals surface area contributed by atoms with Crippen LogP contribution in [0.1, 0.15) is 35.8 Å². The van der Waals surface area contributed by atoms with Gasteiger partial charge >= 0.3 is 11.9 Å². The lowest BCUT2D eigenvalue weighted by atomic mass is 9.99. The predicted octanol–water partition coefficient (Wildman–Crippen LogP) is 5.56. The van der Waals surface area contributed by atoms with Crippen LogP contribution in [0.3, 0.4) is 0 Å². The van der Waals surface area contributed by atoms with E-state index in [-0.39, 0.29) is 34.8 Å². The van der Waals surface area contributed by atoms with Crippen LogP contribution in [-0.4, -0.2) is 61.7 Å². The predicted molar refractivity (Wildman–Crippen MR) is 189 cm³/mol. The number of hydrogen-bond donors (Lipinski definition) is 3. The van der Waals surface area contributed by atoms with Gasteiger partial charge in [-0.3, -0.25) is 13.9 Å². The fraction of sp³-hybridized carbons (Fsp3) is 0.343. The van der Waals surface area contributed by atoms with Gasteiger partial charge in [0.25, 0.3) is 5.56 Å². The second-order valence-corrected chi connectivity index (χ2v) is 13.4. The third-order valence-corrected chi connectivity index (χ3v) is 10.3. The minimum Gasteiger partial charge on any atom is -0.481 e. The largest absolute Gasteiger partial charge is 0.481 e. The molecule has 272 valence electrons. The quantitative estimate of drug-likeness (QED) is 0.193. The van der Waals surface area contributed by atoms with Gasteiger partial charge in [0.1, 0.15) is 11.2 Å². The average molecular weight is 759 g/mol. The molecule has 1 aliphatic heterocycles. The van der Waals surface area contributed by atoms with E-state index in [9.17, 15) is 27.9 Å². The van der Waals surface area contributed by atoms with E-state index in [4.69, 9.17) is 37.7 Å². The molecule has 0 unspecified atom stereocenters. The summed E-state index contributed by atoms with van der Waals surface area (Å²) in [6, 6.07) is 11.9. The number of nitrogens with zero attached hydrogens (tertiary/aromatic N) is 5. The van der Waals surface area contributed by atoms with Crippen molar-refractivity contribution < 1.29 is 27.8 Å². The number of alkyl halides is 3. The standard InChI is InChI=1S/C35H32Cl2F3N7O5/c1-46-30-26(32(49)47(2)34(46)50)29(44-33(45-30)35(38,39)40)42-22-9-5-7-18(28(22)37)17-6-4-8-19(27(17)36)23-14-16-10-11-21(25(16)31(43-23)51-3)41-20-12-13-52-15-24(20)48/h4-9,14,20-21,24,41,48H,10-13,15H2,1-3H3,(H,42,44,45)/t20-,21+,24-/m1/s1. The molecule has 3 atom stereocenters. The van der Waals surface area contributed by atoms with Crippen molar-refractivity contribution in [2.24, 2.45) is 14.1 Å². The number of aromatic nitrogens is 5. The summed E-state index contributed by atoms with van der Waals surface area (Å²) in [7, 11) is 3.96. The summed E-state index contributed by atoms with van der Waals surface area (Å²) in [5, 5.41) is 16.8. The van der Waals surface area contributed by atoms with Gasteiger partial charge in [0.05, 0.1) is 41.2 Å². The fourth-order valence-electron chi connectivity index (χ4n) is 6.82. The lowest BCUT2D eigenvalue weighted by molar-refractivity contribution is -0.144. The summed E-state index contributed by atoms with van der Waals surface area (Å²) >= 11 is 14.0. The minimum absolute atomic E-state index is 0.0654. The van der Waals surface area contributed by atoms with Crippen molar-refractivity contribution in [2.45, 2.75) is 43.6 Å². The Labute approximate surface area is 304 Å². The number of ether oxygens (including phenoxy) is 2. The summed E-state index contributed by atoms with van der Waals surface area (Å²) in [6.45, 7) is 0.848. The number of anilines is 2. The molecule has 52 heavy (non-hydrogen) atoms. The fourth-order valence-corrected chi connectivity index (χ4v) is 7.42. The van der Waals surface area contributed by atoms with Gasteiger partial charge in [-0.25, -0.2) is 19.7 Å². The summed E-state index contributed by atoms with van der Waals surface area (Å²) < 4.78 is 54.4. The SMILES string of the molecule is COc1nc(-c2cccc(-c3cccc(Nc4nc(C(F)(F)F)nc5c4c(=O)n(C)c(=O)n5C)c3Cl)c2Cl)cc2c1[C@@H](N[C@@H]1CCOC[C@H]1O)CC2. The summed E-state index contributed by atoms with van der Waals surface area (Å²) in [5.41, 5.74) is 1.93. The summed E-state index contributed by atoms with van der Waals surface area (Å²) in [5.74, 6) is -1.59. The number of hydrogen-bond acceptors (Lipinski definition) is 10. The third kappa shape index (κ3) is 6.30. The molecule has 1 saturated heterocycles. The maximum Gasteiger partial charge on any atom is 0.451 e. The van der Waals surface area contributed by atoms with Crippen molar-refractivity contribution in [1.29, 1.82) is 0 Å². The van der Waals surface area contributed by atoms with Gasteiger partial charge in [-0.2, -0.15) is 13.2 Å². The van der Waals surface area contributed by atoms with E-state index in [1.165, 1.54) is 20.2 Å². The first-order valence-corrected chi connectivity index (χ1v) is 17.0. The Kier molecular flexibility index (Phi) is 9.50. The van der Waals surface area contributed by atoms with Gasteiger partial charge in [0, 0.05) is 55.0 Å². The number of aliphatic hydroxyl groups is 1. The highest BCUT2D eigenvalue weighted by atomic mass is 35.5. The number of aliphatic hydroxyl groups excluding tert-OH is 1. The molecule has 17 heteroatoms. The topological polar surface area (TPSA) is 145 Å². The molecule has 1 fully saturated rings. The normalized spacial score (nSPS) is 18.8. The van der Waals surface area contributed by atoms with Crippen molar-refractivity contribution in [3.63, 3.8) is 0 Å². The number of methoxy groups -OCH3 is 1. The summed E-state index contributed by atoms with van der Waals surface area (Å²) in [6.07, 6.45) is -3.37. The molecule has 0 amide bonds. The van der Waals surface area contributed by atoms with E-state index >= 15 is 0 Å². The Morgan fingerprint density at radius 3 is 2.40 bits per heavy atom. The van der Waals surface area contributed by atoms with E-state index < -0.39 is 40.8 Å². The van der Waals surface area contributed by atoms with E-state index in [1.54, 1.807) is 31.4 Å². The Bertz CT molecular complexity index is 2350. The molecular formula is C35H32Cl2F3N7O5. The van der Waals surface area contributed by atoms with E-state index in [0.717, 1.165) is 33.1 Å². The summed E-state index contributed by atoms with van der Waals surface area (Å²) in [4.78, 5) is 37.7. The zero-order chi connectivity index (χ0) is 37.1. The van der Waals surface area contributed by atoms with Crippen LogP contribution < -0.4 is 26.6 Å². The van der Waals surface area contributed by atoms with Crippen molar-refractivity contribution >= 4 is 45.7 Å². The maximum absolute atomic E-state index is 13.9. The second kappa shape index (κ2) is 13.8. The van der Waals surface area contributed by atoms with Gasteiger partial charge in [-0.05, 0) is 37.0 Å². The molecule has 5 aromatic rings. The zero-order valence-electron chi connectivity index (χ0n) is 28.0. The molecule has 0 saturated carbocycles. The molecule has 2 aromatic carbocycles. The van der Waals surface area contributed by atoms with Gasteiger partial charge in [0.2, 0.25) is 11.7 Å². The number of nitrogens with one attached hydrogen (secondary N) is 2. The monoisotopic (exact) mass is 757 g/mol. The van der Waals surface area contributed by atoms with Crippen LogP contribution in [-0.2, 0) is 31.4 Å². The number of rotatable bonds is 7. The third-order valence-electron chi connectivity index (χ3n) is 9.47. The molecule has 1 aliphatic carbocycles. The lowest BCUT2D eigenvalue weighted by Crippen LogP contribution is -2.47. The molecule has 12 nitrogen and oxygen atoms in total. The van der Waals surface area contributed by atoms with Crippen LogP contribution in [0.15, 0.2) is 52.1 Å². The van der Waals surface area contributed by atoms with Crippen molar-refractivity contribution in [3.8, 4) is 28.3 Å². The molecule has 7 rings (SSSR count). The number of fused-ring (bicyclic) bond motifs is 2. The molecule has 0 bridgehead atoms. The van der Waals surface area contributed by atoms with Crippen LogP contribution in [0.25, 0.3) is 33.4 Å². The highest BCUT2D eigenvalue weighted by Gasteiger charge is 2.37. The molecule has 4 heterocycles. The van der Waals surface area contributed by atoms with Crippen molar-refractivity contribution in [2.75, 3.05) is 25.6 Å². The minimum atomic E-state index is -4.99. The zero-order valence-corrected chi connectivity index (χ0v) is 29.5. The molecule has 3 N–H and O–H groups in total. The Morgan fingerprint density at radius 1 is 0.981 bits per heavy atom. The lowest BCUT2D eigenvalue weighted by Gasteiger charge is -2.31. The first kappa shape index (κ1) is 35.8. The number of pyridine rings is 1. The van der Waals surface area contributed by atoms with Crippen LogP contribution >= 0.6 is 23.2 Å². The Balaban J connectivity index is 1.27. The molecule has 0 spiro atoms. The number of benzene rings is 2. The second-order valence-electron chi connectivity index (χ2n) is 12.6. The average Bonchev–Trinajstić information content (AvgIpc) is 3.53. The number of aryl methyl sites for hydroxylation is 2. The van der Waals surface area contributed by atoms with Gasteiger partial charge < -0.3 is 25.2 Å². The van der Waals surface area contributed by atoms with Crippen LogP contribution in [0, 0.1) is 0 Å². The Hall–Kier alpha value is -4.54. The van der Waals surface area contributed by atoms with Gasteiger partial charge in [0.15, 0.2) is 5.65 Å². The van der Waals surface area contributed by atoms with E-state index in [2.05, 4.69) is 20.6 Å². The Morgan fingerprint density at radius 2 is 1.69 bits per heavy atom. The maximum atomic E-state index is 13.9. The highest BCUT2D eigenvalue weighted by molar-refractivity contribution is 6.39. The van der Waals surface area contributed by atoms with Crippen LogP contribution in [0.2, 0.25) is 10.0 Å². The van der Waals surface area contributed by atoms with Crippen LogP contribution in [0.5, 0.6) is 5.88 Å². The van der Waals surface area contributed by atoms with Crippen LogP contribution in [0.4, 0.5) is 24.7 Å². The molecule has 2 aliphatic rings. The first-order chi connectivity index (χ1) is 24.8. The van der Waals surface area contributed by atoms with E-state index in [0.29, 0.717) is 46.3 Å². The highest BCUT2D eigenvalue weighted by Crippen LogP contribution is 2.45. The van der Waals surface area contributed by atoms with Crippen molar-refractivity contribution in [3.05, 3.63) is 90.3 Å². The van der Waals surface area contributed by atoms with E-state index in [1.807, 2.05) is 12.1 Å². The first-order valence-electron chi connectivity index (χ1n) is 16.3. The molecule has 0 radical (unpaired) electrons.